The second-order valence-corrected chi connectivity index (χ2v) is 5.46. The number of aliphatic hydroxyl groups excluding tert-OH is 1. The largest absolute Gasteiger partial charge is 0.383 e. The molecule has 0 aromatic carbocycles. The minimum Gasteiger partial charge on any atom is -0.383 e. The van der Waals surface area contributed by atoms with Crippen LogP contribution in [0.4, 0.5) is 0 Å². The number of aliphatic hydroxyl groups is 1. The summed E-state index contributed by atoms with van der Waals surface area (Å²) in [4.78, 5) is 17.7. The molecule has 5 nitrogen and oxygen atoms in total. The maximum Gasteiger partial charge on any atom is 0.251 e. The predicted octanol–water partition coefficient (Wildman–Crippen LogP) is 1.22. The van der Waals surface area contributed by atoms with Crippen LogP contribution in [0, 0.1) is 5.92 Å². The molecule has 19 heavy (non-hydrogen) atoms. The molecule has 1 aromatic rings. The molecule has 0 aliphatic heterocycles. The molecule has 0 radical (unpaired) electrons. The van der Waals surface area contributed by atoms with Gasteiger partial charge < -0.3 is 14.6 Å². The average molecular weight is 267 g/mol. The molecule has 0 aliphatic rings. The zero-order valence-corrected chi connectivity index (χ0v) is 12.3. The highest BCUT2D eigenvalue weighted by atomic mass is 16.3. The Bertz CT molecular complexity index is 401. The molecule has 108 valence electrons. The minimum atomic E-state index is -0.877. The number of imidazole rings is 1. The van der Waals surface area contributed by atoms with E-state index in [9.17, 15) is 9.90 Å². The van der Waals surface area contributed by atoms with E-state index in [0.29, 0.717) is 18.9 Å². The first-order valence-electron chi connectivity index (χ1n) is 6.81. The number of carbonyl (C=O) groups is 1. The number of likely N-dealkylation sites (N-methyl/N-ethyl adjacent to an activating group) is 1. The van der Waals surface area contributed by atoms with Gasteiger partial charge in [-0.3, -0.25) is 4.79 Å². The number of carbonyl (C=O) groups excluding carboxylic acids is 1. The van der Waals surface area contributed by atoms with Crippen molar-refractivity contribution in [2.24, 2.45) is 13.0 Å². The maximum atomic E-state index is 11.9. The molecule has 0 saturated carbocycles. The molecule has 1 aromatic heterocycles. The third-order valence-corrected chi connectivity index (χ3v) is 3.17. The van der Waals surface area contributed by atoms with Gasteiger partial charge in [-0.05, 0) is 18.8 Å². The van der Waals surface area contributed by atoms with Gasteiger partial charge in [0.1, 0.15) is 11.9 Å². The Hall–Kier alpha value is -1.36. The summed E-state index contributed by atoms with van der Waals surface area (Å²) in [6, 6.07) is 0. The summed E-state index contributed by atoms with van der Waals surface area (Å²) in [5.41, 5.74) is 0. The van der Waals surface area contributed by atoms with Crippen LogP contribution in [0.15, 0.2) is 12.4 Å². The van der Waals surface area contributed by atoms with Crippen LogP contribution in [0.3, 0.4) is 0 Å². The van der Waals surface area contributed by atoms with Gasteiger partial charge in [-0.15, -0.1) is 0 Å². The van der Waals surface area contributed by atoms with Gasteiger partial charge in [0, 0.05) is 39.5 Å². The minimum absolute atomic E-state index is 0.187. The smallest absolute Gasteiger partial charge is 0.251 e. The molecule has 0 aliphatic carbocycles. The SMILES string of the molecule is CC(C)C[C@H](O)C(=O)N(C)CCCc1nccn1C. The fourth-order valence-electron chi connectivity index (χ4n) is 2.02. The molecule has 1 heterocycles. The van der Waals surface area contributed by atoms with E-state index >= 15 is 0 Å². The highest BCUT2D eigenvalue weighted by Crippen LogP contribution is 2.08. The van der Waals surface area contributed by atoms with Crippen LogP contribution in [0.2, 0.25) is 0 Å². The molecule has 0 saturated heterocycles. The summed E-state index contributed by atoms with van der Waals surface area (Å²) >= 11 is 0. The van der Waals surface area contributed by atoms with Crippen LogP contribution >= 0.6 is 0 Å². The van der Waals surface area contributed by atoms with Gasteiger partial charge in [0.15, 0.2) is 0 Å². The first-order valence-corrected chi connectivity index (χ1v) is 6.81. The third-order valence-electron chi connectivity index (χ3n) is 3.17. The van der Waals surface area contributed by atoms with Crippen LogP contribution in [0.1, 0.15) is 32.5 Å². The van der Waals surface area contributed by atoms with E-state index in [1.165, 1.54) is 0 Å². The Balaban J connectivity index is 2.32. The molecule has 1 amide bonds. The molecule has 0 unspecified atom stereocenters. The van der Waals surface area contributed by atoms with Crippen molar-refractivity contribution in [1.29, 1.82) is 0 Å². The fraction of sp³-hybridized carbons (Fsp3) is 0.714. The Morgan fingerprint density at radius 1 is 1.53 bits per heavy atom. The van der Waals surface area contributed by atoms with E-state index < -0.39 is 6.10 Å². The van der Waals surface area contributed by atoms with Crippen LogP contribution < -0.4 is 0 Å². The average Bonchev–Trinajstić information content (AvgIpc) is 2.73. The van der Waals surface area contributed by atoms with Crippen molar-refractivity contribution in [3.8, 4) is 0 Å². The quantitative estimate of drug-likeness (QED) is 0.808. The zero-order valence-electron chi connectivity index (χ0n) is 12.3. The summed E-state index contributed by atoms with van der Waals surface area (Å²) in [6.45, 7) is 4.63. The molecule has 1 rings (SSSR count). The number of rotatable bonds is 7. The lowest BCUT2D eigenvalue weighted by Crippen LogP contribution is -2.37. The highest BCUT2D eigenvalue weighted by Gasteiger charge is 2.20. The van der Waals surface area contributed by atoms with Crippen LogP contribution in [0.5, 0.6) is 0 Å². The van der Waals surface area contributed by atoms with Gasteiger partial charge in [0.05, 0.1) is 0 Å². The van der Waals surface area contributed by atoms with Crippen LogP contribution in [-0.2, 0) is 18.3 Å². The van der Waals surface area contributed by atoms with E-state index in [0.717, 1.165) is 18.7 Å². The second kappa shape index (κ2) is 7.28. The van der Waals surface area contributed by atoms with Gasteiger partial charge in [0.25, 0.3) is 5.91 Å². The standard InChI is InChI=1S/C14H25N3O2/c1-11(2)10-12(18)14(19)17(4)8-5-6-13-15-7-9-16(13)3/h7,9,11-12,18H,5-6,8,10H2,1-4H3/t12-/m0/s1. The third kappa shape index (κ3) is 5.03. The normalized spacial score (nSPS) is 12.7. The number of aromatic nitrogens is 2. The monoisotopic (exact) mass is 267 g/mol. The van der Waals surface area contributed by atoms with E-state index in [1.54, 1.807) is 18.1 Å². The number of amides is 1. The number of nitrogens with zero attached hydrogens (tertiary/aromatic N) is 3. The van der Waals surface area contributed by atoms with Crippen molar-refractivity contribution >= 4 is 5.91 Å². The first kappa shape index (κ1) is 15.7. The Kier molecular flexibility index (Phi) is 6.02. The maximum absolute atomic E-state index is 11.9. The molecule has 0 bridgehead atoms. The number of aryl methyl sites for hydroxylation is 2. The van der Waals surface area contributed by atoms with Crippen molar-refractivity contribution < 1.29 is 9.90 Å². The summed E-state index contributed by atoms with van der Waals surface area (Å²) < 4.78 is 1.98. The molecule has 1 atom stereocenters. The molecule has 5 heteroatoms. The second-order valence-electron chi connectivity index (χ2n) is 5.46. The lowest BCUT2D eigenvalue weighted by molar-refractivity contribution is -0.139. The van der Waals surface area contributed by atoms with Gasteiger partial charge in [-0.2, -0.15) is 0 Å². The molecule has 1 N–H and O–H groups in total. The van der Waals surface area contributed by atoms with Gasteiger partial charge >= 0.3 is 0 Å². The highest BCUT2D eigenvalue weighted by molar-refractivity contribution is 5.80. The fourth-order valence-corrected chi connectivity index (χ4v) is 2.02. The summed E-state index contributed by atoms with van der Waals surface area (Å²) in [6.07, 6.45) is 5.01. The molecular formula is C14H25N3O2. The topological polar surface area (TPSA) is 58.4 Å². The van der Waals surface area contributed by atoms with Gasteiger partial charge in [-0.1, -0.05) is 13.8 Å². The van der Waals surface area contributed by atoms with Gasteiger partial charge in [-0.25, -0.2) is 4.98 Å². The summed E-state index contributed by atoms with van der Waals surface area (Å²) in [5.74, 6) is 1.15. The van der Waals surface area contributed by atoms with Crippen molar-refractivity contribution in [2.45, 2.75) is 39.2 Å². The lowest BCUT2D eigenvalue weighted by atomic mass is 10.1. The van der Waals surface area contributed by atoms with Crippen molar-refractivity contribution in [2.75, 3.05) is 13.6 Å². The van der Waals surface area contributed by atoms with E-state index in [-0.39, 0.29) is 5.91 Å². The van der Waals surface area contributed by atoms with Crippen LogP contribution in [-0.4, -0.2) is 45.2 Å². The molecular weight excluding hydrogens is 242 g/mol. The van der Waals surface area contributed by atoms with Gasteiger partial charge in [0.2, 0.25) is 0 Å². The zero-order chi connectivity index (χ0) is 14.4. The Morgan fingerprint density at radius 2 is 2.21 bits per heavy atom. The number of hydrogen-bond acceptors (Lipinski definition) is 3. The summed E-state index contributed by atoms with van der Waals surface area (Å²) in [7, 11) is 3.70. The number of hydrogen-bond donors (Lipinski definition) is 1. The van der Waals surface area contributed by atoms with E-state index in [2.05, 4.69) is 4.98 Å². The van der Waals surface area contributed by atoms with E-state index in [4.69, 9.17) is 0 Å². The van der Waals surface area contributed by atoms with Crippen molar-refractivity contribution in [3.05, 3.63) is 18.2 Å². The van der Waals surface area contributed by atoms with Crippen LogP contribution in [0.25, 0.3) is 0 Å². The Morgan fingerprint density at radius 3 is 2.74 bits per heavy atom. The van der Waals surface area contributed by atoms with E-state index in [1.807, 2.05) is 31.7 Å². The lowest BCUT2D eigenvalue weighted by Gasteiger charge is -2.21. The molecule has 0 spiro atoms. The Labute approximate surface area is 115 Å². The van der Waals surface area contributed by atoms with Crippen molar-refractivity contribution in [1.82, 2.24) is 14.5 Å². The first-order chi connectivity index (χ1) is 8.91. The predicted molar refractivity (Wildman–Crippen MR) is 74.6 cm³/mol. The molecule has 0 fully saturated rings. The summed E-state index contributed by atoms with van der Waals surface area (Å²) in [5, 5.41) is 9.78. The van der Waals surface area contributed by atoms with Crippen molar-refractivity contribution in [3.63, 3.8) is 0 Å².